The fraction of sp³-hybridized carbons (Fsp3) is 0.278. The summed E-state index contributed by atoms with van der Waals surface area (Å²) in [6, 6.07) is 8.36. The third-order valence-electron chi connectivity index (χ3n) is 4.53. The van der Waals surface area contributed by atoms with Crippen LogP contribution in [0.1, 0.15) is 12.8 Å². The average molecular weight is 466 g/mol. The number of carbonyl (C=O) groups excluding carboxylic acids is 1. The number of rotatable bonds is 4. The number of nitrogens with one attached hydrogen (secondary N) is 1. The zero-order chi connectivity index (χ0) is 20.5. The van der Waals surface area contributed by atoms with Gasteiger partial charge in [-0.1, -0.05) is 40.9 Å². The summed E-state index contributed by atoms with van der Waals surface area (Å²) in [4.78, 5) is 12.3. The van der Waals surface area contributed by atoms with E-state index >= 15 is 0 Å². The number of anilines is 1. The van der Waals surface area contributed by atoms with Crippen LogP contribution in [-0.4, -0.2) is 31.7 Å². The van der Waals surface area contributed by atoms with Crippen molar-refractivity contribution >= 4 is 56.4 Å². The molecule has 0 aromatic heterocycles. The van der Waals surface area contributed by atoms with Crippen LogP contribution in [0.2, 0.25) is 15.1 Å². The van der Waals surface area contributed by atoms with E-state index in [9.17, 15) is 17.6 Å². The molecule has 3 rings (SSSR count). The molecule has 0 atom stereocenters. The third-order valence-corrected chi connectivity index (χ3v) is 7.62. The van der Waals surface area contributed by atoms with Gasteiger partial charge in [-0.2, -0.15) is 4.31 Å². The molecule has 1 saturated heterocycles. The highest BCUT2D eigenvalue weighted by Gasteiger charge is 2.34. The normalized spacial score (nSPS) is 16.1. The molecule has 2 aromatic rings. The molecule has 28 heavy (non-hydrogen) atoms. The number of nitrogens with zero attached hydrogens (tertiary/aromatic N) is 1. The maximum absolute atomic E-state index is 13.8. The van der Waals surface area contributed by atoms with Gasteiger partial charge in [0.25, 0.3) is 0 Å². The van der Waals surface area contributed by atoms with E-state index < -0.39 is 21.8 Å². The molecule has 150 valence electrons. The Labute approximate surface area is 177 Å². The summed E-state index contributed by atoms with van der Waals surface area (Å²) in [5.41, 5.74) is -0.00426. The van der Waals surface area contributed by atoms with Crippen LogP contribution in [-0.2, 0) is 14.8 Å². The van der Waals surface area contributed by atoms with E-state index in [4.69, 9.17) is 34.8 Å². The smallest absolute Gasteiger partial charge is 0.246 e. The van der Waals surface area contributed by atoms with Gasteiger partial charge in [0.05, 0.1) is 15.7 Å². The Bertz CT molecular complexity index is 989. The van der Waals surface area contributed by atoms with E-state index in [1.807, 2.05) is 0 Å². The summed E-state index contributed by atoms with van der Waals surface area (Å²) in [6.07, 6.45) is 0.574. The van der Waals surface area contributed by atoms with Gasteiger partial charge in [-0.25, -0.2) is 12.8 Å². The van der Waals surface area contributed by atoms with E-state index in [1.54, 1.807) is 6.07 Å². The maximum Gasteiger partial charge on any atom is 0.246 e. The maximum atomic E-state index is 13.8. The first-order valence-corrected chi connectivity index (χ1v) is 11.0. The Morgan fingerprint density at radius 3 is 2.29 bits per heavy atom. The van der Waals surface area contributed by atoms with Crippen molar-refractivity contribution in [1.82, 2.24) is 4.31 Å². The summed E-state index contributed by atoms with van der Waals surface area (Å²) in [5, 5.41) is 2.91. The van der Waals surface area contributed by atoms with Gasteiger partial charge in [-0.15, -0.1) is 0 Å². The molecule has 0 radical (unpaired) electrons. The number of hydrogen-bond donors (Lipinski definition) is 1. The number of amides is 1. The van der Waals surface area contributed by atoms with Crippen molar-refractivity contribution in [3.05, 3.63) is 57.3 Å². The van der Waals surface area contributed by atoms with Crippen molar-refractivity contribution in [3.63, 3.8) is 0 Å². The van der Waals surface area contributed by atoms with Crippen LogP contribution in [0, 0.1) is 11.7 Å². The lowest BCUT2D eigenvalue weighted by atomic mass is 9.97. The molecule has 0 aliphatic carbocycles. The minimum atomic E-state index is -3.88. The Morgan fingerprint density at radius 1 is 1.07 bits per heavy atom. The Morgan fingerprint density at radius 2 is 1.68 bits per heavy atom. The lowest BCUT2D eigenvalue weighted by Gasteiger charge is -2.31. The van der Waals surface area contributed by atoms with Gasteiger partial charge in [0.15, 0.2) is 0 Å². The van der Waals surface area contributed by atoms with Gasteiger partial charge in [0.1, 0.15) is 10.7 Å². The van der Waals surface area contributed by atoms with Crippen LogP contribution in [0.3, 0.4) is 0 Å². The molecular weight excluding hydrogens is 450 g/mol. The molecule has 10 heteroatoms. The second kappa shape index (κ2) is 8.55. The first-order chi connectivity index (χ1) is 13.2. The fourth-order valence-electron chi connectivity index (χ4n) is 3.04. The van der Waals surface area contributed by atoms with Crippen molar-refractivity contribution in [2.45, 2.75) is 17.7 Å². The van der Waals surface area contributed by atoms with Gasteiger partial charge in [0, 0.05) is 24.0 Å². The van der Waals surface area contributed by atoms with Crippen LogP contribution < -0.4 is 5.32 Å². The van der Waals surface area contributed by atoms with Gasteiger partial charge in [-0.3, -0.25) is 4.79 Å². The molecule has 1 N–H and O–H groups in total. The molecule has 0 bridgehead atoms. The van der Waals surface area contributed by atoms with E-state index in [0.29, 0.717) is 5.02 Å². The number of hydrogen-bond acceptors (Lipinski definition) is 3. The highest BCUT2D eigenvalue weighted by atomic mass is 35.5. The molecule has 2 aromatic carbocycles. The van der Waals surface area contributed by atoms with Gasteiger partial charge in [0.2, 0.25) is 15.9 Å². The molecule has 0 saturated carbocycles. The third kappa shape index (κ3) is 4.44. The van der Waals surface area contributed by atoms with Crippen LogP contribution in [0.15, 0.2) is 41.3 Å². The highest BCUT2D eigenvalue weighted by molar-refractivity contribution is 7.89. The van der Waals surface area contributed by atoms with Crippen LogP contribution >= 0.6 is 34.8 Å². The second-order valence-electron chi connectivity index (χ2n) is 6.34. The van der Waals surface area contributed by atoms with Crippen LogP contribution in [0.4, 0.5) is 10.1 Å². The van der Waals surface area contributed by atoms with Crippen molar-refractivity contribution in [2.75, 3.05) is 18.4 Å². The summed E-state index contributed by atoms with van der Waals surface area (Å²) >= 11 is 17.9. The predicted octanol–water partition coefficient (Wildman–Crippen LogP) is 4.83. The molecular formula is C18H16Cl3FN2O3S. The number of piperidine rings is 1. The zero-order valence-corrected chi connectivity index (χ0v) is 17.5. The van der Waals surface area contributed by atoms with Crippen LogP contribution in [0.5, 0.6) is 0 Å². The molecule has 0 spiro atoms. The summed E-state index contributed by atoms with van der Waals surface area (Å²) in [6.45, 7) is 0.250. The SMILES string of the molecule is O=C(Nc1cc(Cl)ccc1F)C1CCN(S(=O)(=O)c2c(Cl)cccc2Cl)CC1. The van der Waals surface area contributed by atoms with Crippen molar-refractivity contribution in [1.29, 1.82) is 0 Å². The quantitative estimate of drug-likeness (QED) is 0.703. The average Bonchev–Trinajstić information content (AvgIpc) is 2.64. The molecule has 0 unspecified atom stereocenters. The molecule has 1 heterocycles. The largest absolute Gasteiger partial charge is 0.323 e. The lowest BCUT2D eigenvalue weighted by Crippen LogP contribution is -2.41. The molecule has 1 fully saturated rings. The second-order valence-corrected chi connectivity index (χ2v) is 9.47. The summed E-state index contributed by atoms with van der Waals surface area (Å²) < 4.78 is 40.8. The Hall–Kier alpha value is -1.38. The highest BCUT2D eigenvalue weighted by Crippen LogP contribution is 2.33. The standard InChI is InChI=1S/C18H16Cl3FN2O3S/c19-12-4-5-15(22)16(10-12)23-18(25)11-6-8-24(9-7-11)28(26,27)17-13(20)2-1-3-14(17)21/h1-5,10-11H,6-9H2,(H,23,25). The van der Waals surface area contributed by atoms with E-state index in [2.05, 4.69) is 5.32 Å². The number of benzene rings is 2. The summed E-state index contributed by atoms with van der Waals surface area (Å²) in [5.74, 6) is -1.42. The zero-order valence-electron chi connectivity index (χ0n) is 14.5. The Balaban J connectivity index is 1.69. The minimum absolute atomic E-state index is 0.00426. The molecule has 1 aliphatic heterocycles. The van der Waals surface area contributed by atoms with Crippen LogP contribution in [0.25, 0.3) is 0 Å². The van der Waals surface area contributed by atoms with Gasteiger partial charge < -0.3 is 5.32 Å². The molecule has 1 amide bonds. The van der Waals surface area contributed by atoms with E-state index in [1.165, 1.54) is 34.6 Å². The minimum Gasteiger partial charge on any atom is -0.323 e. The van der Waals surface area contributed by atoms with E-state index in [0.717, 1.165) is 0 Å². The van der Waals surface area contributed by atoms with Crippen molar-refractivity contribution in [3.8, 4) is 0 Å². The lowest BCUT2D eigenvalue weighted by molar-refractivity contribution is -0.120. The van der Waals surface area contributed by atoms with Crippen molar-refractivity contribution < 1.29 is 17.6 Å². The number of carbonyl (C=O) groups is 1. The van der Waals surface area contributed by atoms with Gasteiger partial charge in [-0.05, 0) is 43.2 Å². The Kier molecular flexibility index (Phi) is 6.51. The molecule has 5 nitrogen and oxygen atoms in total. The van der Waals surface area contributed by atoms with E-state index in [-0.39, 0.29) is 52.5 Å². The van der Waals surface area contributed by atoms with Gasteiger partial charge >= 0.3 is 0 Å². The topological polar surface area (TPSA) is 66.5 Å². The summed E-state index contributed by atoms with van der Waals surface area (Å²) in [7, 11) is -3.88. The number of halogens is 4. The fourth-order valence-corrected chi connectivity index (χ4v) is 5.78. The number of sulfonamides is 1. The predicted molar refractivity (Wildman–Crippen MR) is 108 cm³/mol. The monoisotopic (exact) mass is 464 g/mol. The first kappa shape index (κ1) is 21.3. The first-order valence-electron chi connectivity index (χ1n) is 8.40. The van der Waals surface area contributed by atoms with Crippen molar-refractivity contribution in [2.24, 2.45) is 5.92 Å². The molecule has 1 aliphatic rings.